The maximum absolute atomic E-state index is 10.8. The van der Waals surface area contributed by atoms with Crippen molar-refractivity contribution in [1.29, 1.82) is 0 Å². The summed E-state index contributed by atoms with van der Waals surface area (Å²) in [6, 6.07) is 15.7. The molecule has 0 saturated heterocycles. The van der Waals surface area contributed by atoms with Crippen LogP contribution in [-0.2, 0) is 6.42 Å². The van der Waals surface area contributed by atoms with Crippen LogP contribution >= 0.6 is 0 Å². The predicted molar refractivity (Wildman–Crippen MR) is 97.4 cm³/mol. The zero-order valence-electron chi connectivity index (χ0n) is 14.4. The van der Waals surface area contributed by atoms with Crippen molar-refractivity contribution in [2.75, 3.05) is 12.4 Å². The van der Waals surface area contributed by atoms with Crippen LogP contribution in [0.15, 0.2) is 48.5 Å². The van der Waals surface area contributed by atoms with Gasteiger partial charge in [0.2, 0.25) is 0 Å². The average molecular weight is 327 g/mol. The minimum absolute atomic E-state index is 0.192. The number of methoxy groups -OCH3 is 1. The monoisotopic (exact) mass is 327 g/mol. The third-order valence-electron chi connectivity index (χ3n) is 3.93. The van der Waals surface area contributed by atoms with Gasteiger partial charge in [-0.15, -0.1) is 0 Å². The number of amides is 2. The Morgan fingerprint density at radius 2 is 1.79 bits per heavy atom. The number of para-hydroxylation sites is 1. The Morgan fingerprint density at radius 1 is 1.12 bits per heavy atom. The molecule has 0 radical (unpaired) electrons. The molecule has 0 bridgehead atoms. The Morgan fingerprint density at radius 3 is 2.42 bits per heavy atom. The number of nitrogens with one attached hydrogen (secondary N) is 2. The lowest BCUT2D eigenvalue weighted by Crippen LogP contribution is -2.30. The van der Waals surface area contributed by atoms with Crippen LogP contribution in [0, 0.1) is 0 Å². The molecule has 2 aromatic rings. The van der Waals surface area contributed by atoms with Crippen LogP contribution < -0.4 is 21.1 Å². The van der Waals surface area contributed by atoms with Crippen molar-refractivity contribution in [3.8, 4) is 5.75 Å². The summed E-state index contributed by atoms with van der Waals surface area (Å²) in [7, 11) is 1.70. The van der Waals surface area contributed by atoms with Crippen molar-refractivity contribution >= 4 is 11.7 Å². The average Bonchev–Trinajstić information content (AvgIpc) is 2.55. The summed E-state index contributed by atoms with van der Waals surface area (Å²) in [5.74, 6) is 0.917. The smallest absolute Gasteiger partial charge is 0.316 e. The van der Waals surface area contributed by atoms with Crippen molar-refractivity contribution in [1.82, 2.24) is 5.32 Å². The van der Waals surface area contributed by atoms with Gasteiger partial charge >= 0.3 is 6.03 Å². The predicted octanol–water partition coefficient (Wildman–Crippen LogP) is 3.47. The van der Waals surface area contributed by atoms with E-state index >= 15 is 0 Å². The zero-order valence-corrected chi connectivity index (χ0v) is 14.4. The zero-order chi connectivity index (χ0) is 17.5. The molecule has 2 aromatic carbocycles. The Bertz CT molecular complexity index is 671. The lowest BCUT2D eigenvalue weighted by Gasteiger charge is -2.21. The van der Waals surface area contributed by atoms with Crippen LogP contribution in [0.5, 0.6) is 5.75 Å². The first-order valence-corrected chi connectivity index (χ1v) is 8.04. The summed E-state index contributed by atoms with van der Waals surface area (Å²) in [5.41, 5.74) is 8.15. The molecule has 5 nitrogen and oxygen atoms in total. The Hall–Kier alpha value is -2.53. The van der Waals surface area contributed by atoms with Crippen molar-refractivity contribution in [2.45, 2.75) is 32.4 Å². The van der Waals surface area contributed by atoms with Crippen molar-refractivity contribution in [3.05, 3.63) is 59.7 Å². The van der Waals surface area contributed by atoms with E-state index in [2.05, 4.69) is 30.5 Å². The molecule has 0 aliphatic carbocycles. The first kappa shape index (κ1) is 17.8. The summed E-state index contributed by atoms with van der Waals surface area (Å²) in [6.07, 6.45) is 0.885. The molecule has 0 fully saturated rings. The molecule has 0 saturated carbocycles. The fourth-order valence-electron chi connectivity index (χ4n) is 2.78. The molecule has 2 amide bonds. The molecule has 5 heteroatoms. The van der Waals surface area contributed by atoms with Crippen LogP contribution in [0.25, 0.3) is 0 Å². The first-order chi connectivity index (χ1) is 11.5. The first-order valence-electron chi connectivity index (χ1n) is 8.04. The summed E-state index contributed by atoms with van der Waals surface area (Å²) in [4.78, 5) is 10.8. The molecule has 24 heavy (non-hydrogen) atoms. The van der Waals surface area contributed by atoms with Gasteiger partial charge in [-0.1, -0.05) is 30.3 Å². The molecule has 2 atom stereocenters. The molecule has 2 rings (SSSR count). The number of anilines is 1. The quantitative estimate of drug-likeness (QED) is 0.729. The fraction of sp³-hybridized carbons (Fsp3) is 0.316. The second-order valence-electron chi connectivity index (χ2n) is 5.92. The van der Waals surface area contributed by atoms with Crippen LogP contribution in [-0.4, -0.2) is 19.2 Å². The Labute approximate surface area is 143 Å². The number of carbonyl (C=O) groups is 1. The number of hydrogen-bond acceptors (Lipinski definition) is 3. The van der Waals surface area contributed by atoms with Gasteiger partial charge in [-0.25, -0.2) is 4.79 Å². The molecule has 4 N–H and O–H groups in total. The Balaban J connectivity index is 1.95. The molecular formula is C19H25N3O2. The maximum Gasteiger partial charge on any atom is 0.316 e. The number of rotatable bonds is 7. The van der Waals surface area contributed by atoms with Crippen molar-refractivity contribution in [3.63, 3.8) is 0 Å². The maximum atomic E-state index is 10.8. The van der Waals surface area contributed by atoms with Gasteiger partial charge in [0, 0.05) is 17.8 Å². The van der Waals surface area contributed by atoms with E-state index in [0.29, 0.717) is 11.7 Å². The van der Waals surface area contributed by atoms with E-state index in [1.165, 1.54) is 5.56 Å². The van der Waals surface area contributed by atoms with Crippen molar-refractivity contribution < 1.29 is 9.53 Å². The van der Waals surface area contributed by atoms with Gasteiger partial charge in [0.25, 0.3) is 0 Å². The number of hydrogen-bond donors (Lipinski definition) is 3. The van der Waals surface area contributed by atoms with E-state index in [0.717, 1.165) is 17.7 Å². The number of primary amides is 1. The second-order valence-corrected chi connectivity index (χ2v) is 5.92. The molecule has 0 aliphatic rings. The highest BCUT2D eigenvalue weighted by atomic mass is 16.5. The minimum atomic E-state index is -0.556. The molecule has 0 spiro atoms. The number of carbonyl (C=O) groups excluding carboxylic acids is 1. The van der Waals surface area contributed by atoms with Gasteiger partial charge in [-0.3, -0.25) is 0 Å². The minimum Gasteiger partial charge on any atom is -0.496 e. The molecular weight excluding hydrogens is 302 g/mol. The standard InChI is InChI=1S/C19H25N3O2/c1-13(12-16-6-4-5-7-18(16)24-3)21-14(2)15-8-10-17(11-9-15)22-19(20)23/h4-11,13-14,21H,12H2,1-3H3,(H3,20,22,23). The Kier molecular flexibility index (Phi) is 6.21. The second kappa shape index (κ2) is 8.36. The van der Waals surface area contributed by atoms with E-state index in [4.69, 9.17) is 10.5 Å². The van der Waals surface area contributed by atoms with Crippen LogP contribution in [0.2, 0.25) is 0 Å². The number of benzene rings is 2. The van der Waals surface area contributed by atoms with Crippen LogP contribution in [0.3, 0.4) is 0 Å². The van der Waals surface area contributed by atoms with Gasteiger partial charge in [-0.05, 0) is 49.6 Å². The van der Waals surface area contributed by atoms with Gasteiger partial charge in [0.15, 0.2) is 0 Å². The highest BCUT2D eigenvalue weighted by Gasteiger charge is 2.12. The van der Waals surface area contributed by atoms with E-state index in [-0.39, 0.29) is 6.04 Å². The number of urea groups is 1. The highest BCUT2D eigenvalue weighted by Crippen LogP contribution is 2.21. The third-order valence-corrected chi connectivity index (χ3v) is 3.93. The molecule has 0 heterocycles. The fourth-order valence-corrected chi connectivity index (χ4v) is 2.78. The molecule has 2 unspecified atom stereocenters. The van der Waals surface area contributed by atoms with E-state index in [1.807, 2.05) is 42.5 Å². The van der Waals surface area contributed by atoms with Crippen LogP contribution in [0.4, 0.5) is 10.5 Å². The highest BCUT2D eigenvalue weighted by molar-refractivity contribution is 5.87. The summed E-state index contributed by atoms with van der Waals surface area (Å²) >= 11 is 0. The number of ether oxygens (including phenoxy) is 1. The van der Waals surface area contributed by atoms with Crippen LogP contribution in [0.1, 0.15) is 31.0 Å². The molecule has 128 valence electrons. The largest absolute Gasteiger partial charge is 0.496 e. The van der Waals surface area contributed by atoms with Crippen molar-refractivity contribution in [2.24, 2.45) is 5.73 Å². The van der Waals surface area contributed by atoms with E-state index in [9.17, 15) is 4.79 Å². The normalized spacial score (nSPS) is 13.1. The lowest BCUT2D eigenvalue weighted by atomic mass is 10.0. The third kappa shape index (κ3) is 4.99. The topological polar surface area (TPSA) is 76.4 Å². The number of nitrogens with two attached hydrogens (primary N) is 1. The summed E-state index contributed by atoms with van der Waals surface area (Å²) in [5, 5.41) is 6.15. The molecule has 0 aliphatic heterocycles. The van der Waals surface area contributed by atoms with E-state index < -0.39 is 6.03 Å². The SMILES string of the molecule is COc1ccccc1CC(C)NC(C)c1ccc(NC(N)=O)cc1. The van der Waals surface area contributed by atoms with Gasteiger partial charge in [-0.2, -0.15) is 0 Å². The lowest BCUT2D eigenvalue weighted by molar-refractivity contribution is 0.259. The van der Waals surface area contributed by atoms with Gasteiger partial charge in [0.1, 0.15) is 5.75 Å². The summed E-state index contributed by atoms with van der Waals surface area (Å²) in [6.45, 7) is 4.28. The molecule has 0 aromatic heterocycles. The van der Waals surface area contributed by atoms with Gasteiger partial charge < -0.3 is 21.1 Å². The van der Waals surface area contributed by atoms with E-state index in [1.54, 1.807) is 7.11 Å². The van der Waals surface area contributed by atoms with Gasteiger partial charge in [0.05, 0.1) is 7.11 Å². The summed E-state index contributed by atoms with van der Waals surface area (Å²) < 4.78 is 5.41.